The van der Waals surface area contributed by atoms with Gasteiger partial charge in [-0.05, 0) is 19.1 Å². The zero-order valence-corrected chi connectivity index (χ0v) is 10.6. The van der Waals surface area contributed by atoms with Gasteiger partial charge >= 0.3 is 0 Å². The maximum atomic E-state index is 5.84. The van der Waals surface area contributed by atoms with Gasteiger partial charge in [0.25, 0.3) is 0 Å². The van der Waals surface area contributed by atoms with Gasteiger partial charge in [-0.25, -0.2) is 0 Å². The van der Waals surface area contributed by atoms with Crippen molar-refractivity contribution in [3.05, 3.63) is 23.3 Å². The average molecular weight is 253 g/mol. The van der Waals surface area contributed by atoms with E-state index in [0.717, 1.165) is 16.9 Å². The fraction of sp³-hybridized carbons (Fsp3) is 0.538. The van der Waals surface area contributed by atoms with Crippen molar-refractivity contribution in [3.8, 4) is 5.75 Å². The normalized spacial score (nSPS) is 14.1. The molecule has 0 spiro atoms. The maximum absolute atomic E-state index is 5.84. The van der Waals surface area contributed by atoms with E-state index in [1.54, 1.807) is 0 Å². The van der Waals surface area contributed by atoms with Crippen molar-refractivity contribution in [2.45, 2.75) is 20.1 Å². The summed E-state index contributed by atoms with van der Waals surface area (Å²) < 4.78 is 21.5. The van der Waals surface area contributed by atoms with Gasteiger partial charge in [-0.15, -0.1) is 0 Å². The van der Waals surface area contributed by atoms with Crippen LogP contribution in [0.25, 0.3) is 0 Å². The van der Waals surface area contributed by atoms with Crippen LogP contribution >= 0.6 is 0 Å². The molecule has 1 aromatic rings. The molecule has 0 aromatic heterocycles. The van der Waals surface area contributed by atoms with Gasteiger partial charge in [0.15, 0.2) is 6.79 Å². The SMILES string of the molecule is CCOCCOCc1cc(N)cc2c1OCOC2. The van der Waals surface area contributed by atoms with E-state index in [2.05, 4.69) is 0 Å². The highest BCUT2D eigenvalue weighted by atomic mass is 16.7. The van der Waals surface area contributed by atoms with Crippen molar-refractivity contribution >= 4 is 5.69 Å². The molecule has 18 heavy (non-hydrogen) atoms. The molecular weight excluding hydrogens is 234 g/mol. The third kappa shape index (κ3) is 3.35. The van der Waals surface area contributed by atoms with Gasteiger partial charge in [0, 0.05) is 23.4 Å². The maximum Gasteiger partial charge on any atom is 0.189 e. The first kappa shape index (κ1) is 13.1. The summed E-state index contributed by atoms with van der Waals surface area (Å²) in [5.74, 6) is 0.840. The Morgan fingerprint density at radius 3 is 2.94 bits per heavy atom. The molecular formula is C13H19NO4. The quantitative estimate of drug-likeness (QED) is 0.617. The lowest BCUT2D eigenvalue weighted by Gasteiger charge is -2.21. The third-order valence-electron chi connectivity index (χ3n) is 2.64. The lowest BCUT2D eigenvalue weighted by molar-refractivity contribution is -0.0190. The number of hydrogen-bond donors (Lipinski definition) is 1. The molecule has 2 rings (SSSR count). The van der Waals surface area contributed by atoms with Crippen molar-refractivity contribution in [3.63, 3.8) is 0 Å². The molecule has 0 saturated carbocycles. The van der Waals surface area contributed by atoms with Gasteiger partial charge in [-0.3, -0.25) is 0 Å². The van der Waals surface area contributed by atoms with E-state index in [9.17, 15) is 0 Å². The summed E-state index contributed by atoms with van der Waals surface area (Å²) in [5, 5.41) is 0. The lowest BCUT2D eigenvalue weighted by Crippen LogP contribution is -2.14. The lowest BCUT2D eigenvalue weighted by atomic mass is 10.1. The smallest absolute Gasteiger partial charge is 0.189 e. The largest absolute Gasteiger partial charge is 0.467 e. The summed E-state index contributed by atoms with van der Waals surface area (Å²) in [4.78, 5) is 0. The molecule has 0 bridgehead atoms. The first-order valence-electron chi connectivity index (χ1n) is 6.08. The van der Waals surface area contributed by atoms with Crippen LogP contribution in [0.1, 0.15) is 18.1 Å². The number of anilines is 1. The molecule has 1 heterocycles. The van der Waals surface area contributed by atoms with Crippen molar-refractivity contribution in [2.24, 2.45) is 0 Å². The standard InChI is InChI=1S/C13H19NO4/c1-2-15-3-4-16-7-10-5-12(14)6-11-8-17-9-18-13(10)11/h5-6H,2-4,7-9,14H2,1H3. The molecule has 1 aliphatic rings. The van der Waals surface area contributed by atoms with Gasteiger partial charge < -0.3 is 24.7 Å². The molecule has 2 N–H and O–H groups in total. The Hall–Kier alpha value is -1.30. The molecule has 0 fully saturated rings. The van der Waals surface area contributed by atoms with Gasteiger partial charge in [0.1, 0.15) is 5.75 Å². The highest BCUT2D eigenvalue weighted by Gasteiger charge is 2.16. The summed E-state index contributed by atoms with van der Waals surface area (Å²) in [6.07, 6.45) is 0. The van der Waals surface area contributed by atoms with Crippen molar-refractivity contribution in [1.29, 1.82) is 0 Å². The van der Waals surface area contributed by atoms with Crippen LogP contribution in [0.5, 0.6) is 5.75 Å². The van der Waals surface area contributed by atoms with E-state index < -0.39 is 0 Å². The van der Waals surface area contributed by atoms with Crippen LogP contribution in [0.3, 0.4) is 0 Å². The molecule has 1 aliphatic heterocycles. The minimum atomic E-state index is 0.281. The number of fused-ring (bicyclic) bond motifs is 1. The van der Waals surface area contributed by atoms with Gasteiger partial charge in [0.05, 0.1) is 26.4 Å². The zero-order chi connectivity index (χ0) is 12.8. The van der Waals surface area contributed by atoms with E-state index in [-0.39, 0.29) is 6.79 Å². The highest BCUT2D eigenvalue weighted by molar-refractivity contribution is 5.53. The predicted molar refractivity (Wildman–Crippen MR) is 67.3 cm³/mol. The number of rotatable bonds is 6. The number of nitrogens with two attached hydrogens (primary N) is 1. The van der Waals surface area contributed by atoms with Crippen LogP contribution in [-0.2, 0) is 27.4 Å². The molecule has 1 aromatic carbocycles. The van der Waals surface area contributed by atoms with Crippen LogP contribution < -0.4 is 10.5 Å². The zero-order valence-electron chi connectivity index (χ0n) is 10.6. The molecule has 0 saturated heterocycles. The van der Waals surface area contributed by atoms with Gasteiger partial charge in [-0.2, -0.15) is 0 Å². The van der Waals surface area contributed by atoms with E-state index in [1.165, 1.54) is 0 Å². The fourth-order valence-corrected chi connectivity index (χ4v) is 1.88. The second-order valence-corrected chi connectivity index (χ2v) is 4.03. The first-order chi connectivity index (χ1) is 8.81. The Labute approximate surface area is 107 Å². The van der Waals surface area contributed by atoms with Crippen LogP contribution in [0.2, 0.25) is 0 Å². The van der Waals surface area contributed by atoms with E-state index in [4.69, 9.17) is 24.7 Å². The van der Waals surface area contributed by atoms with Crippen molar-refractivity contribution in [2.75, 3.05) is 32.3 Å². The van der Waals surface area contributed by atoms with Gasteiger partial charge in [-0.1, -0.05) is 0 Å². The van der Waals surface area contributed by atoms with Crippen molar-refractivity contribution in [1.82, 2.24) is 0 Å². The Bertz CT molecular complexity index is 395. The average Bonchev–Trinajstić information content (AvgIpc) is 2.38. The molecule has 5 nitrogen and oxygen atoms in total. The van der Waals surface area contributed by atoms with Crippen LogP contribution in [-0.4, -0.2) is 26.6 Å². The summed E-state index contributed by atoms with van der Waals surface area (Å²) >= 11 is 0. The molecule has 0 radical (unpaired) electrons. The Balaban J connectivity index is 1.96. The Morgan fingerprint density at radius 1 is 1.28 bits per heavy atom. The summed E-state index contributed by atoms with van der Waals surface area (Å²) in [6, 6.07) is 3.75. The summed E-state index contributed by atoms with van der Waals surface area (Å²) in [7, 11) is 0. The predicted octanol–water partition coefficient (Wildman–Crippen LogP) is 1.69. The fourth-order valence-electron chi connectivity index (χ4n) is 1.88. The number of nitrogen functional groups attached to an aromatic ring is 1. The highest BCUT2D eigenvalue weighted by Crippen LogP contribution is 2.31. The van der Waals surface area contributed by atoms with Crippen LogP contribution in [0.4, 0.5) is 5.69 Å². The molecule has 0 unspecified atom stereocenters. The monoisotopic (exact) mass is 253 g/mol. The number of ether oxygens (including phenoxy) is 4. The molecule has 100 valence electrons. The van der Waals surface area contributed by atoms with E-state index in [0.29, 0.717) is 38.7 Å². The Morgan fingerprint density at radius 2 is 2.11 bits per heavy atom. The summed E-state index contributed by atoms with van der Waals surface area (Å²) in [6.45, 7) is 5.12. The van der Waals surface area contributed by atoms with Gasteiger partial charge in [0.2, 0.25) is 0 Å². The number of benzene rings is 1. The topological polar surface area (TPSA) is 62.9 Å². The second-order valence-electron chi connectivity index (χ2n) is 4.03. The number of hydrogen-bond acceptors (Lipinski definition) is 5. The Kier molecular flexibility index (Phi) is 4.81. The minimum Gasteiger partial charge on any atom is -0.467 e. The second kappa shape index (κ2) is 6.58. The first-order valence-corrected chi connectivity index (χ1v) is 6.08. The van der Waals surface area contributed by atoms with Crippen molar-refractivity contribution < 1.29 is 18.9 Å². The van der Waals surface area contributed by atoms with Crippen LogP contribution in [0.15, 0.2) is 12.1 Å². The molecule has 0 aliphatic carbocycles. The van der Waals surface area contributed by atoms with E-state index >= 15 is 0 Å². The minimum absolute atomic E-state index is 0.281. The molecule has 5 heteroatoms. The summed E-state index contributed by atoms with van der Waals surface area (Å²) in [5.41, 5.74) is 8.48. The molecule has 0 amide bonds. The van der Waals surface area contributed by atoms with Crippen LogP contribution in [0, 0.1) is 0 Å². The van der Waals surface area contributed by atoms with E-state index in [1.807, 2.05) is 19.1 Å². The third-order valence-corrected chi connectivity index (χ3v) is 2.64. The molecule has 0 atom stereocenters.